The first-order valence-electron chi connectivity index (χ1n) is 11.6. The molecule has 0 spiro atoms. The Morgan fingerprint density at radius 3 is 2.75 bits per heavy atom. The van der Waals surface area contributed by atoms with Crippen LogP contribution in [-0.4, -0.2) is 54.5 Å². The van der Waals surface area contributed by atoms with Crippen LogP contribution in [0.1, 0.15) is 50.1 Å². The van der Waals surface area contributed by atoms with E-state index in [0.717, 1.165) is 30.6 Å². The molecule has 2 heterocycles. The Kier molecular flexibility index (Phi) is 8.97. The van der Waals surface area contributed by atoms with Gasteiger partial charge in [0.15, 0.2) is 0 Å². The molecule has 3 amide bonds. The number of hydrogen-bond acceptors (Lipinski definition) is 4. The normalized spacial score (nSPS) is 16.2. The maximum absolute atomic E-state index is 13.5. The zero-order chi connectivity index (χ0) is 22.9. The third kappa shape index (κ3) is 6.25. The molecule has 7 heteroatoms. The molecule has 0 aliphatic carbocycles. The smallest absolute Gasteiger partial charge is 0.317 e. The summed E-state index contributed by atoms with van der Waals surface area (Å²) in [5.74, 6) is 1.09. The Balaban J connectivity index is 1.74. The minimum absolute atomic E-state index is 0.0292. The monoisotopic (exact) mass is 457 g/mol. The van der Waals surface area contributed by atoms with Gasteiger partial charge < -0.3 is 19.9 Å². The predicted molar refractivity (Wildman–Crippen MR) is 129 cm³/mol. The van der Waals surface area contributed by atoms with Crippen molar-refractivity contribution in [3.05, 3.63) is 52.2 Å². The van der Waals surface area contributed by atoms with Crippen LogP contribution < -0.4 is 10.1 Å². The van der Waals surface area contributed by atoms with E-state index in [1.165, 1.54) is 4.88 Å². The van der Waals surface area contributed by atoms with Gasteiger partial charge >= 0.3 is 6.03 Å². The van der Waals surface area contributed by atoms with Gasteiger partial charge in [0.05, 0.1) is 6.04 Å². The number of hydrogen-bond donors (Lipinski definition) is 1. The highest BCUT2D eigenvalue weighted by molar-refractivity contribution is 7.10. The predicted octanol–water partition coefficient (Wildman–Crippen LogP) is 4.72. The fraction of sp³-hybridized carbons (Fsp3) is 0.520. The second kappa shape index (κ2) is 11.9. The van der Waals surface area contributed by atoms with E-state index in [4.69, 9.17) is 4.74 Å². The van der Waals surface area contributed by atoms with Crippen LogP contribution in [0.5, 0.6) is 5.75 Å². The molecule has 0 fully saturated rings. The number of carbonyl (C=O) groups is 2. The fourth-order valence-electron chi connectivity index (χ4n) is 3.89. The quantitative estimate of drug-likeness (QED) is 0.562. The molecule has 3 rings (SSSR count). The number of thiophene rings is 1. The van der Waals surface area contributed by atoms with Gasteiger partial charge in [0.2, 0.25) is 5.91 Å². The van der Waals surface area contributed by atoms with Gasteiger partial charge in [-0.3, -0.25) is 4.79 Å². The molecule has 1 N–H and O–H groups in total. The van der Waals surface area contributed by atoms with Gasteiger partial charge in [-0.15, -0.1) is 11.3 Å². The van der Waals surface area contributed by atoms with Crippen LogP contribution in [0.3, 0.4) is 0 Å². The van der Waals surface area contributed by atoms with Crippen molar-refractivity contribution < 1.29 is 14.3 Å². The van der Waals surface area contributed by atoms with Crippen molar-refractivity contribution in [2.45, 2.75) is 46.1 Å². The molecule has 0 radical (unpaired) electrons. The average Bonchev–Trinajstić information content (AvgIpc) is 3.30. The minimum Gasteiger partial charge on any atom is -0.491 e. The number of benzene rings is 1. The Morgan fingerprint density at radius 2 is 2.03 bits per heavy atom. The SMILES string of the molecule is CCCNC(=O)N(CC(=O)N1CCc2sccc2[C@@H]1COc1ccccc1)C[C@H](C)CC. The van der Waals surface area contributed by atoms with Crippen molar-refractivity contribution in [2.24, 2.45) is 5.92 Å². The molecule has 0 bridgehead atoms. The Morgan fingerprint density at radius 1 is 1.25 bits per heavy atom. The second-order valence-electron chi connectivity index (χ2n) is 8.40. The number of urea groups is 1. The number of rotatable bonds is 10. The fourth-order valence-corrected chi connectivity index (χ4v) is 4.82. The molecule has 0 saturated carbocycles. The van der Waals surface area contributed by atoms with E-state index in [2.05, 4.69) is 30.6 Å². The van der Waals surface area contributed by atoms with Crippen LogP contribution in [0, 0.1) is 5.92 Å². The van der Waals surface area contributed by atoms with E-state index in [9.17, 15) is 9.59 Å². The third-order valence-electron chi connectivity index (χ3n) is 5.93. The molecule has 1 aliphatic rings. The highest BCUT2D eigenvalue weighted by atomic mass is 32.1. The molecule has 0 saturated heterocycles. The number of nitrogens with zero attached hydrogens (tertiary/aromatic N) is 2. The lowest BCUT2D eigenvalue weighted by Gasteiger charge is -2.37. The molecule has 2 aromatic rings. The number of amides is 3. The molecule has 6 nitrogen and oxygen atoms in total. The lowest BCUT2D eigenvalue weighted by atomic mass is 10.00. The van der Waals surface area contributed by atoms with Crippen molar-refractivity contribution in [1.29, 1.82) is 0 Å². The van der Waals surface area contributed by atoms with E-state index in [0.29, 0.717) is 32.2 Å². The first-order valence-corrected chi connectivity index (χ1v) is 12.5. The molecule has 0 unspecified atom stereocenters. The lowest BCUT2D eigenvalue weighted by molar-refractivity contribution is -0.135. The van der Waals surface area contributed by atoms with Crippen molar-refractivity contribution >= 4 is 23.3 Å². The van der Waals surface area contributed by atoms with Crippen LogP contribution in [0.2, 0.25) is 0 Å². The zero-order valence-corrected chi connectivity index (χ0v) is 20.2. The van der Waals surface area contributed by atoms with E-state index in [1.54, 1.807) is 16.2 Å². The second-order valence-corrected chi connectivity index (χ2v) is 9.40. The Labute approximate surface area is 195 Å². The summed E-state index contributed by atoms with van der Waals surface area (Å²) >= 11 is 1.74. The van der Waals surface area contributed by atoms with Gasteiger partial charge in [-0.2, -0.15) is 0 Å². The van der Waals surface area contributed by atoms with Crippen molar-refractivity contribution in [1.82, 2.24) is 15.1 Å². The summed E-state index contributed by atoms with van der Waals surface area (Å²) in [6, 6.07) is 11.5. The van der Waals surface area contributed by atoms with Gasteiger partial charge in [0.25, 0.3) is 0 Å². The van der Waals surface area contributed by atoms with Gasteiger partial charge in [-0.05, 0) is 47.9 Å². The summed E-state index contributed by atoms with van der Waals surface area (Å²) in [5, 5.41) is 5.02. The maximum atomic E-state index is 13.5. The number of nitrogens with one attached hydrogen (secondary N) is 1. The molecule has 174 valence electrons. The molecule has 1 aromatic carbocycles. The Bertz CT molecular complexity index is 870. The first-order chi connectivity index (χ1) is 15.5. The van der Waals surface area contributed by atoms with E-state index >= 15 is 0 Å². The lowest BCUT2D eigenvalue weighted by Crippen LogP contribution is -2.50. The number of fused-ring (bicyclic) bond motifs is 1. The van der Waals surface area contributed by atoms with Crippen LogP contribution >= 0.6 is 11.3 Å². The average molecular weight is 458 g/mol. The summed E-state index contributed by atoms with van der Waals surface area (Å²) in [4.78, 5) is 31.1. The molecule has 2 atom stereocenters. The van der Waals surface area contributed by atoms with Crippen LogP contribution in [0.15, 0.2) is 41.8 Å². The summed E-state index contributed by atoms with van der Waals surface area (Å²) in [6.07, 6.45) is 2.66. The van der Waals surface area contributed by atoms with Gasteiger partial charge in [-0.25, -0.2) is 4.79 Å². The van der Waals surface area contributed by atoms with Crippen molar-refractivity contribution in [2.75, 3.05) is 32.8 Å². The highest BCUT2D eigenvalue weighted by Crippen LogP contribution is 2.34. The summed E-state index contributed by atoms with van der Waals surface area (Å²) in [5.41, 5.74) is 1.16. The van der Waals surface area contributed by atoms with Gasteiger partial charge in [-0.1, -0.05) is 45.4 Å². The van der Waals surface area contributed by atoms with Gasteiger partial charge in [0.1, 0.15) is 18.9 Å². The summed E-state index contributed by atoms with van der Waals surface area (Å²) < 4.78 is 6.06. The largest absolute Gasteiger partial charge is 0.491 e. The Hall–Kier alpha value is -2.54. The van der Waals surface area contributed by atoms with Crippen LogP contribution in [0.25, 0.3) is 0 Å². The topological polar surface area (TPSA) is 61.9 Å². The highest BCUT2D eigenvalue weighted by Gasteiger charge is 2.33. The van der Waals surface area contributed by atoms with Crippen LogP contribution in [-0.2, 0) is 11.2 Å². The molecule has 1 aliphatic heterocycles. The summed E-state index contributed by atoms with van der Waals surface area (Å²) in [6.45, 7) is 8.54. The van der Waals surface area contributed by atoms with Gasteiger partial charge in [0, 0.05) is 24.5 Å². The summed E-state index contributed by atoms with van der Waals surface area (Å²) in [7, 11) is 0. The van der Waals surface area contributed by atoms with E-state index < -0.39 is 0 Å². The molecular formula is C25H35N3O3S. The number of ether oxygens (including phenoxy) is 1. The zero-order valence-electron chi connectivity index (χ0n) is 19.4. The molecule has 32 heavy (non-hydrogen) atoms. The standard InChI is InChI=1S/C25H35N3O3S/c1-4-13-26-25(30)27(16-19(3)5-2)17-24(29)28-14-11-23-21(12-15-32-23)22(28)18-31-20-9-7-6-8-10-20/h6-10,12,15,19,22H,4-5,11,13-14,16-18H2,1-3H3,(H,26,30)/t19-,22+/m1/s1. The molecular weight excluding hydrogens is 422 g/mol. The minimum atomic E-state index is -0.161. The van der Waals surface area contributed by atoms with E-state index in [-0.39, 0.29) is 24.5 Å². The van der Waals surface area contributed by atoms with Crippen molar-refractivity contribution in [3.8, 4) is 5.75 Å². The van der Waals surface area contributed by atoms with Crippen LogP contribution in [0.4, 0.5) is 4.79 Å². The molecule has 1 aromatic heterocycles. The number of para-hydroxylation sites is 1. The van der Waals surface area contributed by atoms with Crippen molar-refractivity contribution in [3.63, 3.8) is 0 Å². The van der Waals surface area contributed by atoms with E-state index in [1.807, 2.05) is 42.2 Å². The third-order valence-corrected chi connectivity index (χ3v) is 6.93. The maximum Gasteiger partial charge on any atom is 0.317 e. The number of carbonyl (C=O) groups excluding carboxylic acids is 2. The first kappa shape index (κ1) is 24.1.